The highest BCUT2D eigenvalue weighted by Crippen LogP contribution is 2.20. The van der Waals surface area contributed by atoms with Crippen LogP contribution in [0.1, 0.15) is 18.4 Å². The Morgan fingerprint density at radius 1 is 1.17 bits per heavy atom. The monoisotopic (exact) mass is 349 g/mol. The summed E-state index contributed by atoms with van der Waals surface area (Å²) in [7, 11) is -1.24. The Hall–Kier alpha value is -1.82. The van der Waals surface area contributed by atoms with Crippen molar-refractivity contribution >= 4 is 20.1 Å². The first-order valence-electron chi connectivity index (χ1n) is 8.51. The van der Waals surface area contributed by atoms with Gasteiger partial charge in [0.2, 0.25) is 0 Å². The maximum Gasteiger partial charge on any atom is 0.410 e. The fourth-order valence-corrected chi connectivity index (χ4v) is 3.30. The van der Waals surface area contributed by atoms with E-state index in [4.69, 9.17) is 9.47 Å². The molecule has 2 rings (SSSR count). The zero-order valence-electron chi connectivity index (χ0n) is 14.8. The van der Waals surface area contributed by atoms with E-state index in [1.54, 1.807) is 0 Å². The second-order valence-corrected chi connectivity index (χ2v) is 13.0. The molecule has 1 aliphatic rings. The molecule has 0 bridgehead atoms. The van der Waals surface area contributed by atoms with Gasteiger partial charge in [0.15, 0.2) is 0 Å². The molecule has 1 amide bonds. The molecule has 24 heavy (non-hydrogen) atoms. The molecule has 5 nitrogen and oxygen atoms in total. The number of ether oxygens (including phenoxy) is 2. The van der Waals surface area contributed by atoms with Gasteiger partial charge in [-0.25, -0.2) is 9.59 Å². The number of esters is 1. The quantitative estimate of drug-likeness (QED) is 0.581. The van der Waals surface area contributed by atoms with Crippen LogP contribution >= 0.6 is 0 Å². The summed E-state index contributed by atoms with van der Waals surface area (Å²) in [6.07, 6.45) is 1.00. The molecule has 0 aliphatic carbocycles. The van der Waals surface area contributed by atoms with E-state index in [2.05, 4.69) is 19.6 Å². The highest BCUT2D eigenvalue weighted by Gasteiger charge is 2.36. The molecule has 0 unspecified atom stereocenters. The molecule has 0 radical (unpaired) electrons. The molecule has 0 aromatic heterocycles. The molecule has 1 atom stereocenters. The molecule has 1 aromatic rings. The summed E-state index contributed by atoms with van der Waals surface area (Å²) in [6.45, 7) is 7.92. The van der Waals surface area contributed by atoms with Crippen molar-refractivity contribution < 1.29 is 19.1 Å². The van der Waals surface area contributed by atoms with Gasteiger partial charge >= 0.3 is 12.1 Å². The Morgan fingerprint density at radius 2 is 1.88 bits per heavy atom. The minimum Gasteiger partial charge on any atom is -0.464 e. The standard InChI is InChI=1S/C18H27NO4Si/c1-24(2,3)13-12-22-17(20)16-10-7-11-19(16)18(21)23-14-15-8-5-4-6-9-15/h4-6,8-9,16H,7,10-14H2,1-3H3/t16-/m0/s1. The van der Waals surface area contributed by atoms with Crippen LogP contribution in [-0.4, -0.2) is 44.2 Å². The van der Waals surface area contributed by atoms with Crippen molar-refractivity contribution in [2.75, 3.05) is 13.2 Å². The lowest BCUT2D eigenvalue weighted by molar-refractivity contribution is -0.147. The van der Waals surface area contributed by atoms with Crippen LogP contribution < -0.4 is 0 Å². The van der Waals surface area contributed by atoms with Gasteiger partial charge in [0.1, 0.15) is 12.6 Å². The second kappa shape index (κ2) is 8.33. The van der Waals surface area contributed by atoms with Crippen LogP contribution in [0.25, 0.3) is 0 Å². The van der Waals surface area contributed by atoms with Crippen LogP contribution in [-0.2, 0) is 20.9 Å². The number of nitrogens with zero attached hydrogens (tertiary/aromatic N) is 1. The number of rotatable bonds is 6. The number of hydrogen-bond donors (Lipinski definition) is 0. The molecule has 1 heterocycles. The zero-order chi connectivity index (χ0) is 17.6. The molecule has 1 saturated heterocycles. The van der Waals surface area contributed by atoms with Crippen LogP contribution in [0.2, 0.25) is 25.7 Å². The molecule has 6 heteroatoms. The minimum atomic E-state index is -1.24. The van der Waals surface area contributed by atoms with E-state index in [1.165, 1.54) is 4.90 Å². The first-order chi connectivity index (χ1) is 11.4. The molecule has 0 N–H and O–H groups in total. The SMILES string of the molecule is C[Si](C)(C)CCOC(=O)[C@@H]1CCCN1C(=O)OCc1ccccc1. The summed E-state index contributed by atoms with van der Waals surface area (Å²) in [5.41, 5.74) is 0.930. The highest BCUT2D eigenvalue weighted by molar-refractivity contribution is 6.76. The number of benzene rings is 1. The fraction of sp³-hybridized carbons (Fsp3) is 0.556. The van der Waals surface area contributed by atoms with E-state index >= 15 is 0 Å². The molecular weight excluding hydrogens is 322 g/mol. The first-order valence-corrected chi connectivity index (χ1v) is 12.2. The van der Waals surface area contributed by atoms with Crippen LogP contribution in [0.4, 0.5) is 4.79 Å². The van der Waals surface area contributed by atoms with E-state index in [0.29, 0.717) is 19.6 Å². The largest absolute Gasteiger partial charge is 0.464 e. The van der Waals surface area contributed by atoms with E-state index < -0.39 is 20.2 Å². The third kappa shape index (κ3) is 5.67. The molecule has 0 spiro atoms. The first kappa shape index (κ1) is 18.5. The second-order valence-electron chi connectivity index (χ2n) is 7.37. The lowest BCUT2D eigenvalue weighted by Gasteiger charge is -2.23. The van der Waals surface area contributed by atoms with Crippen molar-refractivity contribution in [3.8, 4) is 0 Å². The van der Waals surface area contributed by atoms with Crippen LogP contribution in [0, 0.1) is 0 Å². The predicted octanol–water partition coefficient (Wildman–Crippen LogP) is 3.67. The lowest BCUT2D eigenvalue weighted by Crippen LogP contribution is -2.42. The molecule has 132 valence electrons. The Labute approximate surface area is 144 Å². The van der Waals surface area contributed by atoms with Gasteiger partial charge in [0.25, 0.3) is 0 Å². The van der Waals surface area contributed by atoms with Gasteiger partial charge in [-0.15, -0.1) is 0 Å². The van der Waals surface area contributed by atoms with Crippen molar-refractivity contribution in [3.05, 3.63) is 35.9 Å². The molecule has 1 aromatic carbocycles. The average Bonchev–Trinajstić information content (AvgIpc) is 3.02. The maximum absolute atomic E-state index is 12.3. The maximum atomic E-state index is 12.3. The van der Waals surface area contributed by atoms with Gasteiger partial charge in [-0.2, -0.15) is 0 Å². The highest BCUT2D eigenvalue weighted by atomic mass is 28.3. The fourth-order valence-electron chi connectivity index (χ4n) is 2.59. The summed E-state index contributed by atoms with van der Waals surface area (Å²) in [6, 6.07) is 9.95. The summed E-state index contributed by atoms with van der Waals surface area (Å²) >= 11 is 0. The Bertz CT molecular complexity index is 556. The third-order valence-electron chi connectivity index (χ3n) is 4.06. The Balaban J connectivity index is 1.82. The van der Waals surface area contributed by atoms with Gasteiger partial charge in [0, 0.05) is 14.6 Å². The summed E-state index contributed by atoms with van der Waals surface area (Å²) in [4.78, 5) is 26.0. The van der Waals surface area contributed by atoms with E-state index in [9.17, 15) is 9.59 Å². The van der Waals surface area contributed by atoms with Gasteiger partial charge in [-0.1, -0.05) is 50.0 Å². The van der Waals surface area contributed by atoms with Crippen LogP contribution in [0.15, 0.2) is 30.3 Å². The van der Waals surface area contributed by atoms with Crippen molar-refractivity contribution in [3.63, 3.8) is 0 Å². The average molecular weight is 350 g/mol. The summed E-state index contributed by atoms with van der Waals surface area (Å²) < 4.78 is 10.7. The zero-order valence-corrected chi connectivity index (χ0v) is 15.8. The van der Waals surface area contributed by atoms with E-state index in [-0.39, 0.29) is 12.6 Å². The number of carbonyl (C=O) groups excluding carboxylic acids is 2. The molecule has 1 fully saturated rings. The Kier molecular flexibility index (Phi) is 6.42. The summed E-state index contributed by atoms with van der Waals surface area (Å²) in [5.74, 6) is -0.303. The topological polar surface area (TPSA) is 55.8 Å². The Morgan fingerprint density at radius 3 is 2.54 bits per heavy atom. The number of carbonyl (C=O) groups is 2. The van der Waals surface area contributed by atoms with Crippen molar-refractivity contribution in [2.24, 2.45) is 0 Å². The molecule has 1 aliphatic heterocycles. The third-order valence-corrected chi connectivity index (χ3v) is 5.77. The molecular formula is C18H27NO4Si. The van der Waals surface area contributed by atoms with E-state index in [0.717, 1.165) is 18.0 Å². The lowest BCUT2D eigenvalue weighted by atomic mass is 10.2. The predicted molar refractivity (Wildman–Crippen MR) is 95.5 cm³/mol. The van der Waals surface area contributed by atoms with Gasteiger partial charge in [-0.3, -0.25) is 4.90 Å². The van der Waals surface area contributed by atoms with Crippen molar-refractivity contribution in [1.29, 1.82) is 0 Å². The van der Waals surface area contributed by atoms with E-state index in [1.807, 2.05) is 30.3 Å². The minimum absolute atomic E-state index is 0.216. The molecule has 0 saturated carbocycles. The van der Waals surface area contributed by atoms with Crippen LogP contribution in [0.3, 0.4) is 0 Å². The number of amides is 1. The van der Waals surface area contributed by atoms with Crippen molar-refractivity contribution in [2.45, 2.75) is 51.2 Å². The van der Waals surface area contributed by atoms with Gasteiger partial charge < -0.3 is 9.47 Å². The smallest absolute Gasteiger partial charge is 0.410 e. The summed E-state index contributed by atoms with van der Waals surface area (Å²) in [5, 5.41) is 0. The van der Waals surface area contributed by atoms with Crippen molar-refractivity contribution in [1.82, 2.24) is 4.90 Å². The van der Waals surface area contributed by atoms with Gasteiger partial charge in [0.05, 0.1) is 6.61 Å². The van der Waals surface area contributed by atoms with Gasteiger partial charge in [-0.05, 0) is 24.4 Å². The van der Waals surface area contributed by atoms with Crippen LogP contribution in [0.5, 0.6) is 0 Å². The number of likely N-dealkylation sites (tertiary alicyclic amines) is 1. The normalized spacial score (nSPS) is 17.6. The number of hydrogen-bond acceptors (Lipinski definition) is 4.